The largest absolute Gasteiger partial charge is 0.426 e. The lowest BCUT2D eigenvalue weighted by molar-refractivity contribution is -0.131. The summed E-state index contributed by atoms with van der Waals surface area (Å²) in [5.74, 6) is 1.26. The lowest BCUT2D eigenvalue weighted by Crippen LogP contribution is -2.05. The van der Waals surface area contributed by atoms with Crippen molar-refractivity contribution in [1.29, 1.82) is 0 Å². The van der Waals surface area contributed by atoms with Crippen LogP contribution in [0.15, 0.2) is 95.9 Å². The van der Waals surface area contributed by atoms with Gasteiger partial charge in [-0.15, -0.1) is 11.8 Å². The van der Waals surface area contributed by atoms with Gasteiger partial charge in [0.1, 0.15) is 5.75 Å². The van der Waals surface area contributed by atoms with Crippen molar-refractivity contribution in [3.63, 3.8) is 0 Å². The lowest BCUT2D eigenvalue weighted by atomic mass is 9.99. The molecule has 0 heterocycles. The topological polar surface area (TPSA) is 26.3 Å². The molecule has 0 saturated heterocycles. The molecule has 0 saturated carbocycles. The predicted molar refractivity (Wildman–Crippen MR) is 121 cm³/mol. The molecule has 3 heteroatoms. The van der Waals surface area contributed by atoms with E-state index >= 15 is 0 Å². The third-order valence-corrected chi connectivity index (χ3v) is 5.88. The van der Waals surface area contributed by atoms with Crippen LogP contribution in [0.2, 0.25) is 0 Å². The summed E-state index contributed by atoms with van der Waals surface area (Å²) in [7, 11) is 0. The molecule has 2 nitrogen and oxygen atoms in total. The molecule has 0 unspecified atom stereocenters. The van der Waals surface area contributed by atoms with E-state index in [-0.39, 0.29) is 5.97 Å². The fourth-order valence-corrected chi connectivity index (χ4v) is 4.51. The van der Waals surface area contributed by atoms with Gasteiger partial charge in [-0.1, -0.05) is 84.9 Å². The predicted octanol–water partition coefficient (Wildman–Crippen LogP) is 6.65. The van der Waals surface area contributed by atoms with E-state index < -0.39 is 0 Å². The molecule has 0 atom stereocenters. The molecule has 0 radical (unpaired) electrons. The lowest BCUT2D eigenvalue weighted by Gasteiger charge is -2.16. The molecule has 4 aromatic carbocycles. The minimum atomic E-state index is -0.297. The first kappa shape index (κ1) is 19.3. The van der Waals surface area contributed by atoms with Crippen LogP contribution < -0.4 is 4.74 Å². The van der Waals surface area contributed by atoms with Crippen molar-refractivity contribution in [2.24, 2.45) is 0 Å². The average molecular weight is 399 g/mol. The molecule has 0 bridgehead atoms. The number of rotatable bonds is 6. The highest BCUT2D eigenvalue weighted by atomic mass is 32.2. The molecule has 144 valence electrons. The molecule has 0 aliphatic carbocycles. The van der Waals surface area contributed by atoms with Gasteiger partial charge in [0, 0.05) is 34.9 Å². The quantitative estimate of drug-likeness (QED) is 0.207. The number of carbonyl (C=O) groups excluding carboxylic acids is 1. The van der Waals surface area contributed by atoms with E-state index in [1.165, 1.54) is 22.9 Å². The van der Waals surface area contributed by atoms with E-state index in [0.29, 0.717) is 12.2 Å². The highest BCUT2D eigenvalue weighted by Crippen LogP contribution is 2.39. The minimum Gasteiger partial charge on any atom is -0.426 e. The van der Waals surface area contributed by atoms with E-state index in [1.54, 1.807) is 0 Å². The zero-order valence-electron chi connectivity index (χ0n) is 16.3. The molecule has 4 aromatic rings. The van der Waals surface area contributed by atoms with Crippen LogP contribution in [-0.2, 0) is 17.0 Å². The van der Waals surface area contributed by atoms with Crippen molar-refractivity contribution in [1.82, 2.24) is 0 Å². The van der Waals surface area contributed by atoms with Gasteiger partial charge in [-0.25, -0.2) is 0 Å². The first-order valence-corrected chi connectivity index (χ1v) is 10.6. The third kappa shape index (κ3) is 4.69. The summed E-state index contributed by atoms with van der Waals surface area (Å²) in [6.07, 6.45) is 0.715. The van der Waals surface area contributed by atoms with E-state index in [1.807, 2.05) is 54.2 Å². The Balaban J connectivity index is 1.79. The van der Waals surface area contributed by atoms with Gasteiger partial charge in [0.25, 0.3) is 0 Å². The van der Waals surface area contributed by atoms with E-state index in [9.17, 15) is 4.79 Å². The average Bonchev–Trinajstić information content (AvgIpc) is 2.75. The molecule has 29 heavy (non-hydrogen) atoms. The second kappa shape index (κ2) is 8.97. The highest BCUT2D eigenvalue weighted by molar-refractivity contribution is 7.98. The molecule has 0 spiro atoms. The number of ether oxygens (including phenoxy) is 1. The van der Waals surface area contributed by atoms with E-state index in [0.717, 1.165) is 22.1 Å². The van der Waals surface area contributed by atoms with Crippen LogP contribution in [0.25, 0.3) is 10.8 Å². The smallest absolute Gasteiger partial charge is 0.308 e. The van der Waals surface area contributed by atoms with Crippen LogP contribution >= 0.6 is 11.8 Å². The Labute approximate surface area is 175 Å². The molecule has 0 N–H and O–H groups in total. The Bertz CT molecular complexity index is 1120. The van der Waals surface area contributed by atoms with Crippen molar-refractivity contribution in [3.8, 4) is 5.75 Å². The van der Waals surface area contributed by atoms with Crippen molar-refractivity contribution in [2.75, 3.05) is 0 Å². The summed E-state index contributed by atoms with van der Waals surface area (Å²) in [6, 6.07) is 31.1. The molecule has 4 rings (SSSR count). The molecular formula is C26H22O2S. The standard InChI is InChI=1S/C26H22O2S/c1-19(27)28-26-22(16-20-10-4-2-5-11-20)17-25(23-14-8-9-15-24(23)26)29-18-21-12-6-3-7-13-21/h2-15,17H,16,18H2,1H3. The second-order valence-corrected chi connectivity index (χ2v) is 7.96. The molecule has 0 aliphatic rings. The van der Waals surface area contributed by atoms with Crippen molar-refractivity contribution >= 4 is 28.5 Å². The van der Waals surface area contributed by atoms with Gasteiger partial charge in [0.15, 0.2) is 0 Å². The zero-order valence-corrected chi connectivity index (χ0v) is 17.1. The Kier molecular flexibility index (Phi) is 5.97. The molecule has 0 aromatic heterocycles. The fourth-order valence-electron chi connectivity index (χ4n) is 3.44. The van der Waals surface area contributed by atoms with Crippen LogP contribution in [-0.4, -0.2) is 5.97 Å². The summed E-state index contributed by atoms with van der Waals surface area (Å²) < 4.78 is 5.70. The van der Waals surface area contributed by atoms with Crippen LogP contribution in [0.4, 0.5) is 0 Å². The van der Waals surface area contributed by atoms with Crippen molar-refractivity contribution in [2.45, 2.75) is 24.0 Å². The van der Waals surface area contributed by atoms with Crippen LogP contribution in [0.1, 0.15) is 23.6 Å². The Morgan fingerprint density at radius 1 is 0.793 bits per heavy atom. The maximum Gasteiger partial charge on any atom is 0.308 e. The minimum absolute atomic E-state index is 0.297. The fraction of sp³-hybridized carbons (Fsp3) is 0.115. The summed E-state index contributed by atoms with van der Waals surface area (Å²) >= 11 is 1.81. The van der Waals surface area contributed by atoms with Gasteiger partial charge in [-0.2, -0.15) is 0 Å². The number of hydrogen-bond donors (Lipinski definition) is 0. The first-order chi connectivity index (χ1) is 14.2. The molecule has 0 aliphatic heterocycles. The summed E-state index contributed by atoms with van der Waals surface area (Å²) in [5, 5.41) is 2.09. The molecular weight excluding hydrogens is 376 g/mol. The van der Waals surface area contributed by atoms with Crippen molar-refractivity contribution < 1.29 is 9.53 Å². The van der Waals surface area contributed by atoms with Gasteiger partial charge in [0.05, 0.1) is 0 Å². The number of benzene rings is 4. The van der Waals surface area contributed by atoms with Crippen LogP contribution in [0, 0.1) is 0 Å². The number of hydrogen-bond acceptors (Lipinski definition) is 3. The zero-order chi connectivity index (χ0) is 20.1. The molecule has 0 amide bonds. The van der Waals surface area contributed by atoms with Gasteiger partial charge >= 0.3 is 5.97 Å². The van der Waals surface area contributed by atoms with Gasteiger partial charge < -0.3 is 4.74 Å². The van der Waals surface area contributed by atoms with E-state index in [4.69, 9.17) is 4.74 Å². The highest BCUT2D eigenvalue weighted by Gasteiger charge is 2.16. The Morgan fingerprint density at radius 3 is 2.03 bits per heavy atom. The second-order valence-electron chi connectivity index (χ2n) is 6.94. The maximum atomic E-state index is 11.8. The maximum absolute atomic E-state index is 11.8. The monoisotopic (exact) mass is 398 g/mol. The number of thioether (sulfide) groups is 1. The van der Waals surface area contributed by atoms with Crippen LogP contribution in [0.5, 0.6) is 5.75 Å². The summed E-state index contributed by atoms with van der Waals surface area (Å²) in [6.45, 7) is 1.46. The number of esters is 1. The van der Waals surface area contributed by atoms with Crippen molar-refractivity contribution in [3.05, 3.63) is 108 Å². The Hall–Kier alpha value is -3.04. The SMILES string of the molecule is CC(=O)Oc1c(Cc2ccccc2)cc(SCc2ccccc2)c2ccccc12. The number of carbonyl (C=O) groups is 1. The van der Waals surface area contributed by atoms with Gasteiger partial charge in [0.2, 0.25) is 0 Å². The Morgan fingerprint density at radius 2 is 1.38 bits per heavy atom. The first-order valence-electron chi connectivity index (χ1n) is 9.64. The van der Waals surface area contributed by atoms with E-state index in [2.05, 4.69) is 48.5 Å². The molecule has 0 fully saturated rings. The summed E-state index contributed by atoms with van der Waals surface area (Å²) in [4.78, 5) is 13.0. The van der Waals surface area contributed by atoms with Gasteiger partial charge in [-0.3, -0.25) is 4.79 Å². The summed E-state index contributed by atoms with van der Waals surface area (Å²) in [5.41, 5.74) is 3.51. The van der Waals surface area contributed by atoms with Gasteiger partial charge in [-0.05, 0) is 22.6 Å². The number of fused-ring (bicyclic) bond motifs is 1. The normalized spacial score (nSPS) is 10.8. The van der Waals surface area contributed by atoms with Crippen LogP contribution in [0.3, 0.4) is 0 Å². The third-order valence-electron chi connectivity index (χ3n) is 4.75.